The van der Waals surface area contributed by atoms with Gasteiger partial charge < -0.3 is 10.6 Å². The van der Waals surface area contributed by atoms with Gasteiger partial charge in [-0.05, 0) is 49.3 Å². The van der Waals surface area contributed by atoms with Crippen LogP contribution < -0.4 is 5.73 Å². The first kappa shape index (κ1) is 20.3. The highest BCUT2D eigenvalue weighted by Crippen LogP contribution is 2.30. The molecule has 1 heterocycles. The predicted molar refractivity (Wildman–Crippen MR) is 99.2 cm³/mol. The number of hydrogen-bond acceptors (Lipinski definition) is 2. The Labute approximate surface area is 151 Å². The van der Waals surface area contributed by atoms with Crippen molar-refractivity contribution in [3.63, 3.8) is 0 Å². The summed E-state index contributed by atoms with van der Waals surface area (Å²) in [6.07, 6.45) is 2.16. The number of carbonyl (C=O) groups is 1. The number of carbonyl (C=O) groups excluding carboxylic acids is 1. The maximum absolute atomic E-state index is 13.1. The molecule has 1 fully saturated rings. The summed E-state index contributed by atoms with van der Waals surface area (Å²) in [7, 11) is 0. The molecule has 0 bridgehead atoms. The summed E-state index contributed by atoms with van der Waals surface area (Å²) in [5.74, 6) is 0.722. The summed E-state index contributed by atoms with van der Waals surface area (Å²) in [5, 5.41) is 0.683. The number of piperidine rings is 1. The lowest BCUT2D eigenvalue weighted by molar-refractivity contribution is -0.135. The third kappa shape index (κ3) is 5.10. The Morgan fingerprint density at radius 2 is 2.04 bits per heavy atom. The van der Waals surface area contributed by atoms with Crippen molar-refractivity contribution in [3.05, 3.63) is 34.9 Å². The van der Waals surface area contributed by atoms with E-state index in [1.807, 2.05) is 36.1 Å². The molecule has 2 rings (SSSR count). The van der Waals surface area contributed by atoms with Gasteiger partial charge in [-0.3, -0.25) is 4.79 Å². The van der Waals surface area contributed by atoms with Crippen LogP contribution in [-0.4, -0.2) is 29.9 Å². The maximum atomic E-state index is 13.1. The van der Waals surface area contributed by atoms with Gasteiger partial charge in [-0.15, -0.1) is 12.4 Å². The Hall–Kier alpha value is -0.770. The van der Waals surface area contributed by atoms with Gasteiger partial charge in [0.1, 0.15) is 0 Å². The maximum Gasteiger partial charge on any atom is 0.230 e. The minimum Gasteiger partial charge on any atom is -0.342 e. The van der Waals surface area contributed by atoms with Crippen LogP contribution in [0.15, 0.2) is 24.3 Å². The smallest absolute Gasteiger partial charge is 0.230 e. The average Bonchev–Trinajstić information content (AvgIpc) is 2.47. The first-order valence-corrected chi connectivity index (χ1v) is 8.57. The molecular formula is C18H28Cl2N2O. The molecule has 0 spiro atoms. The van der Waals surface area contributed by atoms with Crippen LogP contribution in [0.25, 0.3) is 0 Å². The summed E-state index contributed by atoms with van der Waals surface area (Å²) in [6.45, 7) is 7.84. The van der Waals surface area contributed by atoms with E-state index in [1.165, 1.54) is 0 Å². The molecule has 1 aromatic rings. The standard InChI is InChI=1S/C18H27ClN2O.ClH/c1-12(2)17(14-6-4-8-16(19)10-14)18(22)21-9-5-7-15(11-21)13(3)20;/h4,6,8,10,12-13,15,17H,5,7,9,11,20H2,1-3H3;1H. The number of likely N-dealkylation sites (tertiary alicyclic amines) is 1. The molecule has 0 saturated carbocycles. The number of nitrogens with zero attached hydrogens (tertiary/aromatic N) is 1. The molecule has 5 heteroatoms. The van der Waals surface area contributed by atoms with Crippen molar-refractivity contribution in [2.75, 3.05) is 13.1 Å². The summed E-state index contributed by atoms with van der Waals surface area (Å²) in [4.78, 5) is 15.1. The third-order valence-corrected chi connectivity index (χ3v) is 4.89. The van der Waals surface area contributed by atoms with Gasteiger partial charge in [0.05, 0.1) is 5.92 Å². The van der Waals surface area contributed by atoms with Crippen molar-refractivity contribution in [1.82, 2.24) is 4.90 Å². The fourth-order valence-corrected chi connectivity index (χ4v) is 3.55. The van der Waals surface area contributed by atoms with E-state index in [4.69, 9.17) is 17.3 Å². The molecule has 1 aromatic carbocycles. The van der Waals surface area contributed by atoms with Crippen LogP contribution in [0.4, 0.5) is 0 Å². The number of amides is 1. The second-order valence-electron chi connectivity index (χ2n) is 6.82. The fraction of sp³-hybridized carbons (Fsp3) is 0.611. The van der Waals surface area contributed by atoms with Crippen LogP contribution >= 0.6 is 24.0 Å². The quantitative estimate of drug-likeness (QED) is 0.880. The second kappa shape index (κ2) is 8.91. The highest BCUT2D eigenvalue weighted by atomic mass is 35.5. The van der Waals surface area contributed by atoms with Crippen molar-refractivity contribution in [2.45, 2.75) is 45.6 Å². The summed E-state index contributed by atoms with van der Waals surface area (Å²) in [5.41, 5.74) is 7.05. The van der Waals surface area contributed by atoms with E-state index < -0.39 is 0 Å². The van der Waals surface area contributed by atoms with Gasteiger partial charge in [-0.1, -0.05) is 37.6 Å². The number of halogens is 2. The number of rotatable bonds is 4. The molecule has 23 heavy (non-hydrogen) atoms. The fourth-order valence-electron chi connectivity index (χ4n) is 3.35. The van der Waals surface area contributed by atoms with E-state index >= 15 is 0 Å². The molecule has 1 aliphatic heterocycles. The molecule has 0 aliphatic carbocycles. The van der Waals surface area contributed by atoms with Gasteiger partial charge in [0, 0.05) is 24.2 Å². The molecular weight excluding hydrogens is 331 g/mol. The molecule has 3 atom stereocenters. The van der Waals surface area contributed by atoms with Gasteiger partial charge >= 0.3 is 0 Å². The molecule has 3 nitrogen and oxygen atoms in total. The second-order valence-corrected chi connectivity index (χ2v) is 7.26. The molecule has 1 saturated heterocycles. The zero-order chi connectivity index (χ0) is 16.3. The van der Waals surface area contributed by atoms with Crippen LogP contribution in [0.1, 0.15) is 45.1 Å². The highest BCUT2D eigenvalue weighted by molar-refractivity contribution is 6.30. The molecule has 3 unspecified atom stereocenters. The Bertz CT molecular complexity index is 519. The first-order valence-electron chi connectivity index (χ1n) is 8.20. The molecule has 130 valence electrons. The lowest BCUT2D eigenvalue weighted by Gasteiger charge is -2.37. The third-order valence-electron chi connectivity index (χ3n) is 4.65. The van der Waals surface area contributed by atoms with E-state index in [0.29, 0.717) is 10.9 Å². The van der Waals surface area contributed by atoms with Crippen molar-refractivity contribution >= 4 is 29.9 Å². The van der Waals surface area contributed by atoms with Crippen LogP contribution in [0.5, 0.6) is 0 Å². The van der Waals surface area contributed by atoms with Crippen LogP contribution in [0.2, 0.25) is 5.02 Å². The molecule has 1 amide bonds. The van der Waals surface area contributed by atoms with Gasteiger partial charge in [0.25, 0.3) is 0 Å². The van der Waals surface area contributed by atoms with Gasteiger partial charge in [0.15, 0.2) is 0 Å². The number of benzene rings is 1. The predicted octanol–water partition coefficient (Wildman–Crippen LogP) is 4.09. The summed E-state index contributed by atoms with van der Waals surface area (Å²) in [6, 6.07) is 7.82. The van der Waals surface area contributed by atoms with Crippen molar-refractivity contribution in [1.29, 1.82) is 0 Å². The van der Waals surface area contributed by atoms with E-state index in [1.54, 1.807) is 0 Å². The van der Waals surface area contributed by atoms with Gasteiger partial charge in [0.2, 0.25) is 5.91 Å². The van der Waals surface area contributed by atoms with Gasteiger partial charge in [-0.2, -0.15) is 0 Å². The Balaban J connectivity index is 0.00000264. The Morgan fingerprint density at radius 1 is 1.35 bits per heavy atom. The van der Waals surface area contributed by atoms with Gasteiger partial charge in [-0.25, -0.2) is 0 Å². The SMILES string of the molecule is CC(C)C(C(=O)N1CCCC(C(C)N)C1)c1cccc(Cl)c1.Cl. The normalized spacial score (nSPS) is 20.8. The summed E-state index contributed by atoms with van der Waals surface area (Å²) < 4.78 is 0. The lowest BCUT2D eigenvalue weighted by Crippen LogP contribution is -2.47. The summed E-state index contributed by atoms with van der Waals surface area (Å²) >= 11 is 6.11. The monoisotopic (exact) mass is 358 g/mol. The molecule has 0 aromatic heterocycles. The number of nitrogens with two attached hydrogens (primary N) is 1. The van der Waals surface area contributed by atoms with Crippen molar-refractivity contribution < 1.29 is 4.79 Å². The largest absolute Gasteiger partial charge is 0.342 e. The van der Waals surface area contributed by atoms with Crippen molar-refractivity contribution in [3.8, 4) is 0 Å². The van der Waals surface area contributed by atoms with E-state index in [-0.39, 0.29) is 36.2 Å². The Morgan fingerprint density at radius 3 is 2.61 bits per heavy atom. The molecule has 1 aliphatic rings. The van der Waals surface area contributed by atoms with E-state index in [9.17, 15) is 4.79 Å². The molecule has 0 radical (unpaired) electrons. The molecule has 2 N–H and O–H groups in total. The van der Waals surface area contributed by atoms with Crippen LogP contribution in [0, 0.1) is 11.8 Å². The van der Waals surface area contributed by atoms with Crippen LogP contribution in [0.3, 0.4) is 0 Å². The first-order chi connectivity index (χ1) is 10.4. The van der Waals surface area contributed by atoms with E-state index in [2.05, 4.69) is 13.8 Å². The average molecular weight is 359 g/mol. The van der Waals surface area contributed by atoms with Crippen molar-refractivity contribution in [2.24, 2.45) is 17.6 Å². The zero-order valence-electron chi connectivity index (χ0n) is 14.2. The Kier molecular flexibility index (Phi) is 7.85. The number of hydrogen-bond donors (Lipinski definition) is 1. The topological polar surface area (TPSA) is 46.3 Å². The zero-order valence-corrected chi connectivity index (χ0v) is 15.7. The minimum atomic E-state index is -0.134. The van der Waals surface area contributed by atoms with Crippen LogP contribution in [-0.2, 0) is 4.79 Å². The minimum absolute atomic E-state index is 0. The highest BCUT2D eigenvalue weighted by Gasteiger charge is 2.32. The lowest BCUT2D eigenvalue weighted by atomic mass is 9.85. The van der Waals surface area contributed by atoms with E-state index in [0.717, 1.165) is 31.5 Å².